The van der Waals surface area contributed by atoms with Gasteiger partial charge in [-0.05, 0) is 12.5 Å². The highest BCUT2D eigenvalue weighted by atomic mass is 35.5. The maximum Gasteiger partial charge on any atom is 0.253 e. The van der Waals surface area contributed by atoms with Crippen molar-refractivity contribution in [2.24, 2.45) is 5.73 Å². The van der Waals surface area contributed by atoms with Crippen LogP contribution in [0.1, 0.15) is 23.0 Å². The summed E-state index contributed by atoms with van der Waals surface area (Å²) in [7, 11) is 0. The fourth-order valence-corrected chi connectivity index (χ4v) is 1.59. The molecular weight excluding hydrogens is 211 g/mol. The number of nitrogens with zero attached hydrogens (tertiary/aromatic N) is 1. The van der Waals surface area contributed by atoms with Crippen LogP contribution < -0.4 is 5.73 Å². The molecule has 0 aliphatic rings. The van der Waals surface area contributed by atoms with Crippen LogP contribution >= 0.6 is 23.2 Å². The lowest BCUT2D eigenvalue weighted by atomic mass is 10.2. The highest BCUT2D eigenvalue weighted by Gasteiger charge is 2.13. The van der Waals surface area contributed by atoms with Gasteiger partial charge >= 0.3 is 0 Å². The number of halogens is 2. The van der Waals surface area contributed by atoms with E-state index in [0.29, 0.717) is 6.42 Å². The SMILES string of the molecule is CCc1cc(Cl)c(C(N)=O)c(Cl)n1. The molecular formula is C8H8Cl2N2O. The summed E-state index contributed by atoms with van der Waals surface area (Å²) >= 11 is 11.5. The summed E-state index contributed by atoms with van der Waals surface area (Å²) in [5.74, 6) is -0.662. The first kappa shape index (κ1) is 10.3. The van der Waals surface area contributed by atoms with Gasteiger partial charge in [-0.3, -0.25) is 4.79 Å². The number of rotatable bonds is 2. The van der Waals surface area contributed by atoms with Crippen molar-refractivity contribution in [2.75, 3.05) is 0 Å². The van der Waals surface area contributed by atoms with Gasteiger partial charge in [0.05, 0.1) is 10.6 Å². The largest absolute Gasteiger partial charge is 0.365 e. The molecule has 0 spiro atoms. The highest BCUT2D eigenvalue weighted by molar-refractivity contribution is 6.38. The lowest BCUT2D eigenvalue weighted by Crippen LogP contribution is -2.13. The Morgan fingerprint density at radius 1 is 1.62 bits per heavy atom. The average Bonchev–Trinajstić information content (AvgIpc) is 2.02. The minimum Gasteiger partial charge on any atom is -0.365 e. The third-order valence-electron chi connectivity index (χ3n) is 1.59. The number of hydrogen-bond acceptors (Lipinski definition) is 2. The topological polar surface area (TPSA) is 56.0 Å². The summed E-state index contributed by atoms with van der Waals surface area (Å²) < 4.78 is 0. The van der Waals surface area contributed by atoms with E-state index in [0.717, 1.165) is 5.69 Å². The monoisotopic (exact) mass is 218 g/mol. The predicted molar refractivity (Wildman–Crippen MR) is 52.2 cm³/mol. The van der Waals surface area contributed by atoms with Gasteiger partial charge in [0.1, 0.15) is 5.15 Å². The number of carbonyl (C=O) groups is 1. The number of primary amides is 1. The maximum atomic E-state index is 10.9. The first-order chi connectivity index (χ1) is 6.06. The zero-order valence-electron chi connectivity index (χ0n) is 6.97. The summed E-state index contributed by atoms with van der Waals surface area (Å²) in [6.07, 6.45) is 0.707. The van der Waals surface area contributed by atoms with Crippen LogP contribution in [0, 0.1) is 0 Å². The molecule has 0 aliphatic heterocycles. The Morgan fingerprint density at radius 3 is 2.62 bits per heavy atom. The van der Waals surface area contributed by atoms with Crippen LogP contribution in [0.2, 0.25) is 10.2 Å². The molecule has 0 unspecified atom stereocenters. The Hall–Kier alpha value is -0.800. The van der Waals surface area contributed by atoms with Gasteiger partial charge in [-0.25, -0.2) is 4.98 Å². The molecule has 0 bridgehead atoms. The van der Waals surface area contributed by atoms with E-state index in [-0.39, 0.29) is 15.7 Å². The van der Waals surface area contributed by atoms with Gasteiger partial charge in [-0.1, -0.05) is 30.1 Å². The molecule has 5 heteroatoms. The number of aromatic nitrogens is 1. The second-order valence-electron chi connectivity index (χ2n) is 2.48. The molecule has 0 radical (unpaired) electrons. The molecule has 70 valence electrons. The minimum absolute atomic E-state index is 0.0665. The Balaban J connectivity index is 3.31. The lowest BCUT2D eigenvalue weighted by Gasteiger charge is -2.04. The molecule has 0 aliphatic carbocycles. The predicted octanol–water partition coefficient (Wildman–Crippen LogP) is 2.05. The zero-order valence-corrected chi connectivity index (χ0v) is 8.49. The standard InChI is InChI=1S/C8H8Cl2N2O/c1-2-4-3-5(9)6(8(11)13)7(10)12-4/h3H,2H2,1H3,(H2,11,13). The van der Waals surface area contributed by atoms with E-state index < -0.39 is 5.91 Å². The fourth-order valence-electron chi connectivity index (χ4n) is 0.932. The van der Waals surface area contributed by atoms with Crippen molar-refractivity contribution < 1.29 is 4.79 Å². The van der Waals surface area contributed by atoms with Crippen molar-refractivity contribution >= 4 is 29.1 Å². The van der Waals surface area contributed by atoms with Crippen molar-refractivity contribution in [3.05, 3.63) is 27.5 Å². The molecule has 3 nitrogen and oxygen atoms in total. The molecule has 1 aromatic heterocycles. The summed E-state index contributed by atoms with van der Waals surface area (Å²) in [5, 5.41) is 0.321. The molecule has 1 amide bonds. The van der Waals surface area contributed by atoms with Crippen LogP contribution in [0.25, 0.3) is 0 Å². The van der Waals surface area contributed by atoms with Crippen LogP contribution in [0.3, 0.4) is 0 Å². The Morgan fingerprint density at radius 2 is 2.23 bits per heavy atom. The number of nitrogens with two attached hydrogens (primary N) is 1. The summed E-state index contributed by atoms with van der Waals surface area (Å²) in [6.45, 7) is 1.92. The fraction of sp³-hybridized carbons (Fsp3) is 0.250. The van der Waals surface area contributed by atoms with Crippen molar-refractivity contribution in [3.8, 4) is 0 Å². The van der Waals surface area contributed by atoms with Gasteiger partial charge in [0.15, 0.2) is 0 Å². The Bertz CT molecular complexity index is 329. The van der Waals surface area contributed by atoms with E-state index in [1.54, 1.807) is 6.07 Å². The summed E-state index contributed by atoms with van der Waals surface area (Å²) in [6, 6.07) is 1.59. The Labute approximate surface area is 85.9 Å². The van der Waals surface area contributed by atoms with Gasteiger partial charge in [0.2, 0.25) is 0 Å². The van der Waals surface area contributed by atoms with E-state index in [4.69, 9.17) is 28.9 Å². The van der Waals surface area contributed by atoms with E-state index in [1.165, 1.54) is 0 Å². The molecule has 13 heavy (non-hydrogen) atoms. The van der Waals surface area contributed by atoms with E-state index >= 15 is 0 Å². The normalized spacial score (nSPS) is 10.1. The van der Waals surface area contributed by atoms with Crippen molar-refractivity contribution in [3.63, 3.8) is 0 Å². The molecule has 0 fully saturated rings. The van der Waals surface area contributed by atoms with E-state index in [9.17, 15) is 4.79 Å². The number of aryl methyl sites for hydroxylation is 1. The second-order valence-corrected chi connectivity index (χ2v) is 3.24. The van der Waals surface area contributed by atoms with Crippen LogP contribution in [0.15, 0.2) is 6.07 Å². The van der Waals surface area contributed by atoms with Gasteiger partial charge in [-0.2, -0.15) is 0 Å². The lowest BCUT2D eigenvalue weighted by molar-refractivity contribution is 0.100. The Kier molecular flexibility index (Phi) is 3.12. The van der Waals surface area contributed by atoms with Gasteiger partial charge < -0.3 is 5.73 Å². The molecule has 1 rings (SSSR count). The molecule has 0 saturated heterocycles. The summed E-state index contributed by atoms with van der Waals surface area (Å²) in [4.78, 5) is 14.8. The molecule has 2 N–H and O–H groups in total. The smallest absolute Gasteiger partial charge is 0.253 e. The summed E-state index contributed by atoms with van der Waals surface area (Å²) in [5.41, 5.74) is 5.88. The average molecular weight is 219 g/mol. The van der Waals surface area contributed by atoms with Crippen molar-refractivity contribution in [1.82, 2.24) is 4.98 Å². The molecule has 0 atom stereocenters. The van der Waals surface area contributed by atoms with Gasteiger partial charge in [0, 0.05) is 5.69 Å². The zero-order chi connectivity index (χ0) is 10.0. The minimum atomic E-state index is -0.662. The van der Waals surface area contributed by atoms with Crippen molar-refractivity contribution in [2.45, 2.75) is 13.3 Å². The molecule has 0 saturated carbocycles. The first-order valence-corrected chi connectivity index (χ1v) is 4.46. The first-order valence-electron chi connectivity index (χ1n) is 3.71. The number of hydrogen-bond donors (Lipinski definition) is 1. The van der Waals surface area contributed by atoms with Crippen LogP contribution in [-0.4, -0.2) is 10.9 Å². The maximum absolute atomic E-state index is 10.9. The quantitative estimate of drug-likeness (QED) is 0.773. The number of pyridine rings is 1. The van der Waals surface area contributed by atoms with E-state index in [2.05, 4.69) is 4.98 Å². The molecule has 1 heterocycles. The third kappa shape index (κ3) is 2.11. The van der Waals surface area contributed by atoms with Crippen molar-refractivity contribution in [1.29, 1.82) is 0 Å². The van der Waals surface area contributed by atoms with Crippen LogP contribution in [0.4, 0.5) is 0 Å². The van der Waals surface area contributed by atoms with Gasteiger partial charge in [-0.15, -0.1) is 0 Å². The van der Waals surface area contributed by atoms with Gasteiger partial charge in [0.25, 0.3) is 5.91 Å². The highest BCUT2D eigenvalue weighted by Crippen LogP contribution is 2.23. The number of amides is 1. The second kappa shape index (κ2) is 3.94. The van der Waals surface area contributed by atoms with E-state index in [1.807, 2.05) is 6.92 Å². The molecule has 1 aromatic rings. The third-order valence-corrected chi connectivity index (χ3v) is 2.16. The molecule has 0 aromatic carbocycles. The van der Waals surface area contributed by atoms with Crippen LogP contribution in [0.5, 0.6) is 0 Å². The number of carbonyl (C=O) groups excluding carboxylic acids is 1. The van der Waals surface area contributed by atoms with Crippen LogP contribution in [-0.2, 0) is 6.42 Å².